The van der Waals surface area contributed by atoms with E-state index >= 15 is 0 Å². The zero-order chi connectivity index (χ0) is 23.8. The normalized spacial score (nSPS) is 22.5. The van der Waals surface area contributed by atoms with E-state index in [1.807, 2.05) is 0 Å². The number of rotatable bonds is 4. The van der Waals surface area contributed by atoms with Gasteiger partial charge in [0.15, 0.2) is 0 Å². The van der Waals surface area contributed by atoms with Crippen molar-refractivity contribution in [3.8, 4) is 0 Å². The van der Waals surface area contributed by atoms with Crippen LogP contribution in [-0.4, -0.2) is 47.4 Å². The second-order valence-corrected chi connectivity index (χ2v) is 8.44. The van der Waals surface area contributed by atoms with Gasteiger partial charge in [0.1, 0.15) is 12.1 Å². The van der Waals surface area contributed by atoms with Gasteiger partial charge in [0.25, 0.3) is 0 Å². The lowest BCUT2D eigenvalue weighted by atomic mass is 10.0. The molecule has 2 aromatic rings. The molecule has 2 aliphatic rings. The number of benzene rings is 2. The molecule has 0 spiro atoms. The second-order valence-electron chi connectivity index (χ2n) is 8.01. The zero-order valence-corrected chi connectivity index (χ0v) is 17.9. The number of carbonyl (C=O) groups excluding carboxylic acids is 3. The molecule has 0 bridgehead atoms. The van der Waals surface area contributed by atoms with Crippen LogP contribution in [-0.2, 0) is 22.2 Å². The van der Waals surface area contributed by atoms with Gasteiger partial charge in [0.05, 0.1) is 11.6 Å². The van der Waals surface area contributed by atoms with Crippen LogP contribution in [0.2, 0.25) is 5.02 Å². The number of halogens is 4. The van der Waals surface area contributed by atoms with Gasteiger partial charge in [-0.05, 0) is 42.3 Å². The van der Waals surface area contributed by atoms with Gasteiger partial charge in [0.2, 0.25) is 11.8 Å². The molecular weight excluding hydrogens is 461 g/mol. The predicted octanol–water partition coefficient (Wildman–Crippen LogP) is 3.19. The van der Waals surface area contributed by atoms with Crippen LogP contribution < -0.4 is 16.0 Å². The summed E-state index contributed by atoms with van der Waals surface area (Å²) in [6.45, 7) is 0.129. The highest BCUT2D eigenvalue weighted by atomic mass is 35.5. The molecule has 0 saturated carbocycles. The average molecular weight is 481 g/mol. The van der Waals surface area contributed by atoms with Crippen LogP contribution in [0.25, 0.3) is 0 Å². The number of urea groups is 1. The number of hydrogen-bond acceptors (Lipinski definition) is 3. The summed E-state index contributed by atoms with van der Waals surface area (Å²) in [5.41, 5.74) is -0.0620. The van der Waals surface area contributed by atoms with Crippen molar-refractivity contribution < 1.29 is 27.6 Å². The Bertz CT molecular complexity index is 1080. The fourth-order valence-electron chi connectivity index (χ4n) is 4.08. The van der Waals surface area contributed by atoms with Crippen LogP contribution in [0.3, 0.4) is 0 Å². The summed E-state index contributed by atoms with van der Waals surface area (Å²) in [4.78, 5) is 39.2. The minimum Gasteiger partial charge on any atom is -0.342 e. The molecule has 2 fully saturated rings. The first-order chi connectivity index (χ1) is 15.6. The maximum Gasteiger partial charge on any atom is 0.416 e. The second kappa shape index (κ2) is 8.93. The zero-order valence-electron chi connectivity index (χ0n) is 17.2. The van der Waals surface area contributed by atoms with Crippen molar-refractivity contribution in [2.45, 2.75) is 37.1 Å². The molecule has 2 saturated heterocycles. The molecule has 0 aliphatic carbocycles. The molecule has 2 heterocycles. The van der Waals surface area contributed by atoms with Crippen LogP contribution in [0.1, 0.15) is 17.5 Å². The first-order valence-corrected chi connectivity index (χ1v) is 10.6. The summed E-state index contributed by atoms with van der Waals surface area (Å²) >= 11 is 5.88. The Morgan fingerprint density at radius 2 is 1.88 bits per heavy atom. The minimum atomic E-state index is -4.53. The highest BCUT2D eigenvalue weighted by Gasteiger charge is 2.46. The maximum atomic E-state index is 12.9. The molecule has 4 rings (SSSR count). The van der Waals surface area contributed by atoms with Crippen molar-refractivity contribution in [2.75, 3.05) is 11.9 Å². The van der Waals surface area contributed by atoms with Gasteiger partial charge in [-0.15, -0.1) is 0 Å². The van der Waals surface area contributed by atoms with E-state index in [0.717, 1.165) is 17.7 Å². The SMILES string of the molecule is O=C(Nc1cccc(C(F)(F)F)c1)N[C@H]1C[C@H]2C(=O)N[C@@H](Cc3ccc(Cl)cc3)C(=O)N2C1. The Labute approximate surface area is 192 Å². The minimum absolute atomic E-state index is 0.0186. The molecule has 0 unspecified atom stereocenters. The van der Waals surface area contributed by atoms with Crippen LogP contribution in [0, 0.1) is 0 Å². The molecular formula is C22H20ClF3N4O3. The molecule has 3 atom stereocenters. The van der Waals surface area contributed by atoms with Gasteiger partial charge in [0, 0.05) is 23.7 Å². The quantitative estimate of drug-likeness (QED) is 0.628. The van der Waals surface area contributed by atoms with Crippen LogP contribution in [0.5, 0.6) is 0 Å². The number of amides is 4. The van der Waals surface area contributed by atoms with Crippen molar-refractivity contribution in [2.24, 2.45) is 0 Å². The van der Waals surface area contributed by atoms with Crippen molar-refractivity contribution >= 4 is 35.1 Å². The third-order valence-corrected chi connectivity index (χ3v) is 5.89. The summed E-state index contributed by atoms with van der Waals surface area (Å²) in [6.07, 6.45) is -4.01. The van der Waals surface area contributed by atoms with E-state index in [4.69, 9.17) is 11.6 Å². The lowest BCUT2D eigenvalue weighted by Gasteiger charge is -2.34. The van der Waals surface area contributed by atoms with Crippen molar-refractivity contribution in [3.05, 3.63) is 64.7 Å². The molecule has 2 aromatic carbocycles. The molecule has 0 radical (unpaired) electrons. The topological polar surface area (TPSA) is 90.5 Å². The number of fused-ring (bicyclic) bond motifs is 1. The lowest BCUT2D eigenvalue weighted by molar-refractivity contribution is -0.147. The van der Waals surface area contributed by atoms with E-state index < -0.39 is 35.9 Å². The highest BCUT2D eigenvalue weighted by Crippen LogP contribution is 2.30. The molecule has 174 valence electrons. The first kappa shape index (κ1) is 22.9. The van der Waals surface area contributed by atoms with Crippen molar-refractivity contribution in [1.82, 2.24) is 15.5 Å². The molecule has 11 heteroatoms. The molecule has 2 aliphatic heterocycles. The van der Waals surface area contributed by atoms with Crippen molar-refractivity contribution in [1.29, 1.82) is 0 Å². The van der Waals surface area contributed by atoms with Crippen LogP contribution in [0.4, 0.5) is 23.7 Å². The first-order valence-electron chi connectivity index (χ1n) is 10.2. The number of piperazine rings is 1. The average Bonchev–Trinajstić information content (AvgIpc) is 3.17. The van der Waals surface area contributed by atoms with E-state index in [1.54, 1.807) is 24.3 Å². The van der Waals surface area contributed by atoms with E-state index in [9.17, 15) is 27.6 Å². The van der Waals surface area contributed by atoms with Gasteiger partial charge in [-0.1, -0.05) is 29.8 Å². The standard InChI is InChI=1S/C22H20ClF3N4O3/c23-14-6-4-12(5-7-14)8-17-20(32)30-11-16(10-18(30)19(31)29-17)28-21(33)27-15-3-1-2-13(9-15)22(24,25)26/h1-7,9,16-18H,8,10-11H2,(H,29,31)(H2,27,28,33)/t16-,17-,18-/m0/s1. The number of alkyl halides is 3. The highest BCUT2D eigenvalue weighted by molar-refractivity contribution is 6.30. The fourth-order valence-corrected chi connectivity index (χ4v) is 4.21. The largest absolute Gasteiger partial charge is 0.416 e. The number of hydrogen-bond donors (Lipinski definition) is 3. The number of anilines is 1. The summed E-state index contributed by atoms with van der Waals surface area (Å²) < 4.78 is 38.6. The van der Waals surface area contributed by atoms with Crippen LogP contribution in [0.15, 0.2) is 48.5 Å². The molecule has 0 aromatic heterocycles. The molecule has 3 N–H and O–H groups in total. The fraction of sp³-hybridized carbons (Fsp3) is 0.318. The third kappa shape index (κ3) is 5.22. The van der Waals surface area contributed by atoms with E-state index in [2.05, 4.69) is 16.0 Å². The predicted molar refractivity (Wildman–Crippen MR) is 115 cm³/mol. The van der Waals surface area contributed by atoms with Crippen LogP contribution >= 0.6 is 11.6 Å². The monoisotopic (exact) mass is 480 g/mol. The van der Waals surface area contributed by atoms with Gasteiger partial charge < -0.3 is 20.9 Å². The van der Waals surface area contributed by atoms with E-state index in [1.165, 1.54) is 17.0 Å². The third-order valence-electron chi connectivity index (χ3n) is 5.64. The molecule has 4 amide bonds. The summed E-state index contributed by atoms with van der Waals surface area (Å²) in [5, 5.41) is 8.30. The Kier molecular flexibility index (Phi) is 6.20. The number of carbonyl (C=O) groups is 3. The summed E-state index contributed by atoms with van der Waals surface area (Å²) in [7, 11) is 0. The summed E-state index contributed by atoms with van der Waals surface area (Å²) in [6, 6.07) is 8.55. The smallest absolute Gasteiger partial charge is 0.342 e. The Hall–Kier alpha value is -3.27. The van der Waals surface area contributed by atoms with E-state index in [0.29, 0.717) is 11.4 Å². The van der Waals surface area contributed by atoms with E-state index in [-0.39, 0.29) is 30.5 Å². The Balaban J connectivity index is 1.37. The van der Waals surface area contributed by atoms with Gasteiger partial charge >= 0.3 is 12.2 Å². The number of nitrogens with zero attached hydrogens (tertiary/aromatic N) is 1. The summed E-state index contributed by atoms with van der Waals surface area (Å²) in [5.74, 6) is -0.562. The number of nitrogens with one attached hydrogen (secondary N) is 3. The maximum absolute atomic E-state index is 12.9. The van der Waals surface area contributed by atoms with Gasteiger partial charge in [-0.2, -0.15) is 13.2 Å². The van der Waals surface area contributed by atoms with Gasteiger partial charge in [-0.25, -0.2) is 4.79 Å². The molecule has 7 nitrogen and oxygen atoms in total. The molecule has 33 heavy (non-hydrogen) atoms. The van der Waals surface area contributed by atoms with Crippen molar-refractivity contribution in [3.63, 3.8) is 0 Å². The Morgan fingerprint density at radius 3 is 2.58 bits per heavy atom. The lowest BCUT2D eigenvalue weighted by Crippen LogP contribution is -2.61. The Morgan fingerprint density at radius 1 is 1.15 bits per heavy atom. The van der Waals surface area contributed by atoms with Gasteiger partial charge in [-0.3, -0.25) is 9.59 Å².